The van der Waals surface area contributed by atoms with E-state index >= 15 is 0 Å². The highest BCUT2D eigenvalue weighted by molar-refractivity contribution is 5.91. The number of carbonyl (C=O) groups is 1. The predicted octanol–water partition coefficient (Wildman–Crippen LogP) is 0.867. The van der Waals surface area contributed by atoms with Crippen molar-refractivity contribution in [1.29, 1.82) is 0 Å². The van der Waals surface area contributed by atoms with Gasteiger partial charge in [0.25, 0.3) is 0 Å². The lowest BCUT2D eigenvalue weighted by atomic mass is 10.3. The van der Waals surface area contributed by atoms with Gasteiger partial charge in [0.15, 0.2) is 0 Å². The largest absolute Gasteiger partial charge is 0.376 e. The average molecular weight is 224 g/mol. The second-order valence-electron chi connectivity index (χ2n) is 5.26. The molecule has 3 aliphatic rings. The quantitative estimate of drug-likeness (QED) is 0.770. The Morgan fingerprint density at radius 1 is 1.38 bits per heavy atom. The molecule has 0 unspecified atom stereocenters. The Labute approximate surface area is 96.3 Å². The number of carbonyl (C=O) groups excluding carboxylic acids is 1. The Kier molecular flexibility index (Phi) is 2.64. The fourth-order valence-corrected chi connectivity index (χ4v) is 2.78. The Hall–Kier alpha value is -0.610. The van der Waals surface area contributed by atoms with Gasteiger partial charge in [0.05, 0.1) is 24.9 Å². The van der Waals surface area contributed by atoms with Crippen molar-refractivity contribution < 1.29 is 9.53 Å². The maximum absolute atomic E-state index is 11.9. The van der Waals surface area contributed by atoms with Crippen LogP contribution in [0.3, 0.4) is 0 Å². The van der Waals surface area contributed by atoms with Gasteiger partial charge in [-0.3, -0.25) is 10.1 Å². The molecule has 0 radical (unpaired) electrons. The first-order valence-electron chi connectivity index (χ1n) is 6.46. The van der Waals surface area contributed by atoms with Gasteiger partial charge in [-0.05, 0) is 25.7 Å². The Bertz CT molecular complexity index is 283. The molecule has 1 heterocycles. The van der Waals surface area contributed by atoms with Crippen molar-refractivity contribution in [3.63, 3.8) is 0 Å². The Morgan fingerprint density at radius 2 is 2.12 bits per heavy atom. The van der Waals surface area contributed by atoms with Gasteiger partial charge < -0.3 is 9.64 Å². The van der Waals surface area contributed by atoms with Gasteiger partial charge in [-0.1, -0.05) is 12.8 Å². The minimum Gasteiger partial charge on any atom is -0.376 e. The molecular formula is C12H20N2O2. The topological polar surface area (TPSA) is 41.6 Å². The van der Waals surface area contributed by atoms with E-state index in [4.69, 9.17) is 4.74 Å². The lowest BCUT2D eigenvalue weighted by Gasteiger charge is -2.17. The zero-order chi connectivity index (χ0) is 11.0. The molecular weight excluding hydrogens is 204 g/mol. The fourth-order valence-electron chi connectivity index (χ4n) is 2.78. The first kappa shape index (κ1) is 10.5. The summed E-state index contributed by atoms with van der Waals surface area (Å²) in [6.07, 6.45) is 7.51. The van der Waals surface area contributed by atoms with Crippen molar-refractivity contribution in [3.05, 3.63) is 0 Å². The smallest absolute Gasteiger partial charge is 0.244 e. The van der Waals surface area contributed by atoms with Crippen molar-refractivity contribution in [3.8, 4) is 0 Å². The number of nitrogens with one attached hydrogen (secondary N) is 1. The van der Waals surface area contributed by atoms with Crippen LogP contribution in [0.25, 0.3) is 0 Å². The van der Waals surface area contributed by atoms with Crippen LogP contribution in [0.4, 0.5) is 0 Å². The summed E-state index contributed by atoms with van der Waals surface area (Å²) in [5.74, 6) is 0.294. The molecule has 16 heavy (non-hydrogen) atoms. The van der Waals surface area contributed by atoms with Gasteiger partial charge in [0.2, 0.25) is 5.91 Å². The minimum atomic E-state index is -0.145. The van der Waals surface area contributed by atoms with E-state index in [0.717, 1.165) is 19.4 Å². The number of rotatable bonds is 4. The van der Waals surface area contributed by atoms with Crippen LogP contribution < -0.4 is 5.32 Å². The van der Waals surface area contributed by atoms with E-state index in [1.807, 2.05) is 4.90 Å². The molecule has 0 aromatic carbocycles. The number of ether oxygens (including phenoxy) is 1. The fraction of sp³-hybridized carbons (Fsp3) is 0.917. The van der Waals surface area contributed by atoms with Crippen LogP contribution in [0.15, 0.2) is 0 Å². The summed E-state index contributed by atoms with van der Waals surface area (Å²) >= 11 is 0. The lowest BCUT2D eigenvalue weighted by molar-refractivity contribution is -0.130. The van der Waals surface area contributed by atoms with Crippen molar-refractivity contribution in [1.82, 2.24) is 10.2 Å². The second-order valence-corrected chi connectivity index (χ2v) is 5.26. The summed E-state index contributed by atoms with van der Waals surface area (Å²) in [6.45, 7) is 2.17. The molecule has 2 aliphatic carbocycles. The summed E-state index contributed by atoms with van der Waals surface area (Å²) in [7, 11) is 0. The van der Waals surface area contributed by atoms with Crippen LogP contribution in [0, 0.1) is 0 Å². The third-order valence-electron chi connectivity index (χ3n) is 4.07. The molecule has 1 amide bonds. The molecule has 0 aromatic rings. The maximum Gasteiger partial charge on any atom is 0.244 e. The zero-order valence-corrected chi connectivity index (χ0v) is 9.71. The van der Waals surface area contributed by atoms with Crippen LogP contribution >= 0.6 is 0 Å². The third-order valence-corrected chi connectivity index (χ3v) is 4.07. The van der Waals surface area contributed by atoms with Gasteiger partial charge >= 0.3 is 0 Å². The summed E-state index contributed by atoms with van der Waals surface area (Å²) in [5, 5.41) is 3.31. The van der Waals surface area contributed by atoms with Crippen molar-refractivity contribution in [2.24, 2.45) is 0 Å². The SMILES string of the molecule is O=C1N(CCOC2CCCC2)CNC12CC2. The Balaban J connectivity index is 1.40. The molecule has 0 aromatic heterocycles. The van der Waals surface area contributed by atoms with Crippen LogP contribution in [-0.4, -0.2) is 42.3 Å². The van der Waals surface area contributed by atoms with E-state index < -0.39 is 0 Å². The van der Waals surface area contributed by atoms with Gasteiger partial charge in [0.1, 0.15) is 0 Å². The predicted molar refractivity (Wildman–Crippen MR) is 59.9 cm³/mol. The zero-order valence-electron chi connectivity index (χ0n) is 9.71. The molecule has 1 spiro atoms. The highest BCUT2D eigenvalue weighted by Gasteiger charge is 2.55. The van der Waals surface area contributed by atoms with Crippen LogP contribution in [0.2, 0.25) is 0 Å². The Morgan fingerprint density at radius 3 is 2.75 bits per heavy atom. The summed E-state index contributed by atoms with van der Waals surface area (Å²) in [4.78, 5) is 13.8. The maximum atomic E-state index is 11.9. The lowest BCUT2D eigenvalue weighted by Crippen LogP contribution is -2.34. The molecule has 1 aliphatic heterocycles. The summed E-state index contributed by atoms with van der Waals surface area (Å²) in [6, 6.07) is 0. The second kappa shape index (κ2) is 4.00. The summed E-state index contributed by atoms with van der Waals surface area (Å²) < 4.78 is 5.78. The van der Waals surface area contributed by atoms with Crippen molar-refractivity contribution in [2.75, 3.05) is 19.8 Å². The van der Waals surface area contributed by atoms with E-state index in [0.29, 0.717) is 25.3 Å². The highest BCUT2D eigenvalue weighted by Crippen LogP contribution is 2.39. The first-order chi connectivity index (χ1) is 7.80. The van der Waals surface area contributed by atoms with Gasteiger partial charge in [0, 0.05) is 6.54 Å². The average Bonchev–Trinajstić information content (AvgIpc) is 2.78. The number of hydrogen-bond acceptors (Lipinski definition) is 3. The van der Waals surface area contributed by atoms with Crippen molar-refractivity contribution in [2.45, 2.75) is 50.2 Å². The molecule has 3 fully saturated rings. The van der Waals surface area contributed by atoms with Crippen LogP contribution in [-0.2, 0) is 9.53 Å². The molecule has 3 rings (SSSR count). The standard InChI is InChI=1S/C12H20N2O2/c15-11-12(5-6-12)13-9-14(11)7-8-16-10-3-1-2-4-10/h10,13H,1-9H2. The van der Waals surface area contributed by atoms with Crippen LogP contribution in [0.1, 0.15) is 38.5 Å². The van der Waals surface area contributed by atoms with Crippen molar-refractivity contribution >= 4 is 5.91 Å². The van der Waals surface area contributed by atoms with Gasteiger partial charge in [-0.15, -0.1) is 0 Å². The molecule has 90 valence electrons. The minimum absolute atomic E-state index is 0.145. The molecule has 0 bridgehead atoms. The van der Waals surface area contributed by atoms with E-state index in [2.05, 4.69) is 5.32 Å². The van der Waals surface area contributed by atoms with E-state index in [1.54, 1.807) is 0 Å². The first-order valence-corrected chi connectivity index (χ1v) is 6.46. The monoisotopic (exact) mass is 224 g/mol. The van der Waals surface area contributed by atoms with E-state index in [1.165, 1.54) is 25.7 Å². The molecule has 1 N–H and O–H groups in total. The van der Waals surface area contributed by atoms with Crippen LogP contribution in [0.5, 0.6) is 0 Å². The van der Waals surface area contributed by atoms with Gasteiger partial charge in [-0.25, -0.2) is 0 Å². The molecule has 4 heteroatoms. The highest BCUT2D eigenvalue weighted by atomic mass is 16.5. The third kappa shape index (κ3) is 1.84. The van der Waals surface area contributed by atoms with Gasteiger partial charge in [-0.2, -0.15) is 0 Å². The molecule has 2 saturated carbocycles. The number of hydrogen-bond donors (Lipinski definition) is 1. The molecule has 4 nitrogen and oxygen atoms in total. The normalized spacial score (nSPS) is 28.2. The number of nitrogens with zero attached hydrogens (tertiary/aromatic N) is 1. The summed E-state index contributed by atoms with van der Waals surface area (Å²) in [5.41, 5.74) is -0.145. The number of amides is 1. The van der Waals surface area contributed by atoms with E-state index in [9.17, 15) is 4.79 Å². The van der Waals surface area contributed by atoms with E-state index in [-0.39, 0.29) is 5.54 Å². The molecule has 0 atom stereocenters. The molecule has 1 saturated heterocycles.